The normalized spacial score (nSPS) is 32.5. The average molecular weight is 202 g/mol. The Balaban J connectivity index is 2.08. The van der Waals surface area contributed by atoms with E-state index in [-0.39, 0.29) is 5.54 Å². The average Bonchev–Trinajstić information content (AvgIpc) is 2.61. The minimum Gasteiger partial charge on any atom is -0.319 e. The summed E-state index contributed by atoms with van der Waals surface area (Å²) in [6.07, 6.45) is 1.88. The van der Waals surface area contributed by atoms with Crippen LogP contribution in [0, 0.1) is 0 Å². The summed E-state index contributed by atoms with van der Waals surface area (Å²) in [7, 11) is 0. The highest BCUT2D eigenvalue weighted by Crippen LogP contribution is 2.55. The monoisotopic (exact) mass is 202 g/mol. The molecule has 1 aromatic carbocycles. The molecule has 0 bridgehead atoms. The Morgan fingerprint density at radius 1 is 1.40 bits per heavy atom. The summed E-state index contributed by atoms with van der Waals surface area (Å²) in [6, 6.07) is 8.03. The van der Waals surface area contributed by atoms with Crippen molar-refractivity contribution in [2.75, 3.05) is 0 Å². The van der Waals surface area contributed by atoms with Gasteiger partial charge < -0.3 is 4.57 Å². The molecule has 4 rings (SSSR count). The molecular weight excluding hydrogens is 191 g/mol. The van der Waals surface area contributed by atoms with Crippen molar-refractivity contribution < 1.29 is 4.39 Å². The minimum atomic E-state index is -0.656. The van der Waals surface area contributed by atoms with Gasteiger partial charge in [0.15, 0.2) is 0 Å². The Kier molecular flexibility index (Phi) is 1.17. The van der Waals surface area contributed by atoms with Gasteiger partial charge in [0.2, 0.25) is 0 Å². The molecule has 1 aromatic heterocycles. The zero-order valence-electron chi connectivity index (χ0n) is 8.28. The zero-order valence-corrected chi connectivity index (χ0v) is 8.28. The van der Waals surface area contributed by atoms with E-state index in [1.165, 1.54) is 0 Å². The van der Waals surface area contributed by atoms with Gasteiger partial charge in [-0.25, -0.2) is 9.37 Å². The van der Waals surface area contributed by atoms with Crippen LogP contribution >= 0.6 is 0 Å². The Morgan fingerprint density at radius 3 is 3.00 bits per heavy atom. The molecule has 0 N–H and O–H groups in total. The molecule has 2 atom stereocenters. The largest absolute Gasteiger partial charge is 0.319 e. The van der Waals surface area contributed by atoms with Crippen LogP contribution in [-0.4, -0.2) is 15.7 Å². The van der Waals surface area contributed by atoms with E-state index in [0.29, 0.717) is 6.42 Å². The van der Waals surface area contributed by atoms with Gasteiger partial charge in [0, 0.05) is 12.8 Å². The Bertz CT molecular complexity index is 560. The molecule has 2 unspecified atom stereocenters. The van der Waals surface area contributed by atoms with E-state index in [1.807, 2.05) is 24.3 Å². The van der Waals surface area contributed by atoms with E-state index in [4.69, 9.17) is 0 Å². The molecule has 1 spiro atoms. The second-order valence-electron chi connectivity index (χ2n) is 4.63. The number of nitrogens with zero attached hydrogens (tertiary/aromatic N) is 2. The third-order valence-electron chi connectivity index (χ3n) is 3.81. The third-order valence-corrected chi connectivity index (χ3v) is 3.81. The fourth-order valence-electron chi connectivity index (χ4n) is 2.92. The van der Waals surface area contributed by atoms with Gasteiger partial charge in [0.05, 0.1) is 16.6 Å². The molecule has 2 heterocycles. The summed E-state index contributed by atoms with van der Waals surface area (Å²) < 4.78 is 15.7. The van der Waals surface area contributed by atoms with E-state index in [1.54, 1.807) is 0 Å². The molecule has 1 saturated carbocycles. The molecule has 2 aromatic rings. The van der Waals surface area contributed by atoms with Crippen molar-refractivity contribution in [1.82, 2.24) is 9.55 Å². The molecule has 2 aliphatic rings. The maximum atomic E-state index is 13.5. The first-order valence-corrected chi connectivity index (χ1v) is 5.42. The number of imidazole rings is 1. The SMILES string of the molecule is FC1CC12CCc1nc3ccccc3n12. The summed E-state index contributed by atoms with van der Waals surface area (Å²) >= 11 is 0. The Hall–Kier alpha value is -1.38. The zero-order chi connectivity index (χ0) is 10.0. The van der Waals surface area contributed by atoms with Crippen molar-refractivity contribution in [3.63, 3.8) is 0 Å². The quantitative estimate of drug-likeness (QED) is 0.641. The highest BCUT2D eigenvalue weighted by atomic mass is 19.1. The van der Waals surface area contributed by atoms with Crippen LogP contribution in [0.25, 0.3) is 11.0 Å². The van der Waals surface area contributed by atoms with Gasteiger partial charge in [0.1, 0.15) is 12.0 Å². The smallest absolute Gasteiger partial charge is 0.126 e. The van der Waals surface area contributed by atoms with Gasteiger partial charge >= 0.3 is 0 Å². The first-order valence-electron chi connectivity index (χ1n) is 5.42. The molecule has 1 aliphatic carbocycles. The molecule has 3 heteroatoms. The van der Waals surface area contributed by atoms with E-state index in [9.17, 15) is 4.39 Å². The van der Waals surface area contributed by atoms with Crippen molar-refractivity contribution in [1.29, 1.82) is 0 Å². The summed E-state index contributed by atoms with van der Waals surface area (Å²) in [4.78, 5) is 4.56. The van der Waals surface area contributed by atoms with Gasteiger partial charge in [0.25, 0.3) is 0 Å². The van der Waals surface area contributed by atoms with E-state index in [2.05, 4.69) is 9.55 Å². The number of rotatable bonds is 0. The van der Waals surface area contributed by atoms with Crippen LogP contribution in [0.5, 0.6) is 0 Å². The molecular formula is C12H11FN2. The lowest BCUT2D eigenvalue weighted by Gasteiger charge is -2.11. The molecule has 0 saturated heterocycles. The van der Waals surface area contributed by atoms with Crippen molar-refractivity contribution in [3.05, 3.63) is 30.1 Å². The number of fused-ring (bicyclic) bond motifs is 4. The minimum absolute atomic E-state index is 0.217. The van der Waals surface area contributed by atoms with Gasteiger partial charge in [-0.2, -0.15) is 0 Å². The van der Waals surface area contributed by atoms with Crippen molar-refractivity contribution >= 4 is 11.0 Å². The standard InChI is InChI=1S/C12H11FN2/c13-10-7-12(10)6-5-11-14-8-3-1-2-4-9(8)15(11)12/h1-4,10H,5-7H2. The lowest BCUT2D eigenvalue weighted by molar-refractivity contribution is 0.366. The lowest BCUT2D eigenvalue weighted by Crippen LogP contribution is -2.14. The third kappa shape index (κ3) is 0.784. The maximum Gasteiger partial charge on any atom is 0.126 e. The molecule has 1 fully saturated rings. The highest BCUT2D eigenvalue weighted by Gasteiger charge is 2.60. The molecule has 15 heavy (non-hydrogen) atoms. The summed E-state index contributed by atoms with van der Waals surface area (Å²) in [6.45, 7) is 0. The van der Waals surface area contributed by atoms with Gasteiger partial charge in [-0.05, 0) is 18.6 Å². The Labute approximate surface area is 86.7 Å². The predicted molar refractivity (Wildman–Crippen MR) is 55.5 cm³/mol. The van der Waals surface area contributed by atoms with E-state index >= 15 is 0 Å². The first kappa shape index (κ1) is 7.85. The fourth-order valence-corrected chi connectivity index (χ4v) is 2.92. The van der Waals surface area contributed by atoms with Gasteiger partial charge in [-0.1, -0.05) is 12.1 Å². The number of alkyl halides is 1. The molecule has 76 valence electrons. The highest BCUT2D eigenvalue weighted by molar-refractivity contribution is 5.77. The van der Waals surface area contributed by atoms with Crippen LogP contribution in [0.3, 0.4) is 0 Å². The summed E-state index contributed by atoms with van der Waals surface area (Å²) in [5, 5.41) is 0. The van der Waals surface area contributed by atoms with Gasteiger partial charge in [-0.15, -0.1) is 0 Å². The van der Waals surface area contributed by atoms with Crippen LogP contribution in [0.4, 0.5) is 4.39 Å². The van der Waals surface area contributed by atoms with E-state index < -0.39 is 6.17 Å². The van der Waals surface area contributed by atoms with Crippen LogP contribution < -0.4 is 0 Å². The number of para-hydroxylation sites is 2. The first-order chi connectivity index (χ1) is 7.31. The number of halogens is 1. The fraction of sp³-hybridized carbons (Fsp3) is 0.417. The predicted octanol–water partition coefficient (Wildman–Crippen LogP) is 2.42. The number of hydrogen-bond donors (Lipinski definition) is 0. The van der Waals surface area contributed by atoms with Crippen molar-refractivity contribution in [2.45, 2.75) is 31.0 Å². The second kappa shape index (κ2) is 2.23. The number of aromatic nitrogens is 2. The lowest BCUT2D eigenvalue weighted by atomic mass is 10.2. The number of aryl methyl sites for hydroxylation is 1. The van der Waals surface area contributed by atoms with Crippen LogP contribution in [0.1, 0.15) is 18.7 Å². The molecule has 0 amide bonds. The Morgan fingerprint density at radius 2 is 2.20 bits per heavy atom. The van der Waals surface area contributed by atoms with Crippen LogP contribution in [-0.2, 0) is 12.0 Å². The van der Waals surface area contributed by atoms with Gasteiger partial charge in [-0.3, -0.25) is 0 Å². The molecule has 0 radical (unpaired) electrons. The second-order valence-corrected chi connectivity index (χ2v) is 4.63. The van der Waals surface area contributed by atoms with Crippen molar-refractivity contribution in [3.8, 4) is 0 Å². The van der Waals surface area contributed by atoms with Crippen LogP contribution in [0.2, 0.25) is 0 Å². The summed E-state index contributed by atoms with van der Waals surface area (Å²) in [5.74, 6) is 1.07. The maximum absolute atomic E-state index is 13.5. The molecule has 2 nitrogen and oxygen atoms in total. The number of hydrogen-bond acceptors (Lipinski definition) is 1. The topological polar surface area (TPSA) is 17.8 Å². The molecule has 1 aliphatic heterocycles. The van der Waals surface area contributed by atoms with E-state index in [0.717, 1.165) is 29.7 Å². The van der Waals surface area contributed by atoms with Crippen molar-refractivity contribution in [2.24, 2.45) is 0 Å². The van der Waals surface area contributed by atoms with Crippen LogP contribution in [0.15, 0.2) is 24.3 Å². The number of benzene rings is 1. The summed E-state index contributed by atoms with van der Waals surface area (Å²) in [5.41, 5.74) is 1.89.